The van der Waals surface area contributed by atoms with Gasteiger partial charge >= 0.3 is 0 Å². The molecule has 0 aromatic carbocycles. The molecular weight excluding hydrogens is 454 g/mol. The zero-order valence-corrected chi connectivity index (χ0v) is 20.2. The van der Waals surface area contributed by atoms with Gasteiger partial charge in [0.15, 0.2) is 5.65 Å². The molecule has 9 heteroatoms. The van der Waals surface area contributed by atoms with Gasteiger partial charge in [-0.1, -0.05) is 29.4 Å². The van der Waals surface area contributed by atoms with Crippen molar-refractivity contribution < 1.29 is 0 Å². The number of thioether (sulfide) groups is 1. The fraction of sp³-hybridized carbons (Fsp3) is 0.375. The highest BCUT2D eigenvalue weighted by Crippen LogP contribution is 2.44. The number of piperidine rings is 1. The Morgan fingerprint density at radius 1 is 1.21 bits per heavy atom. The molecule has 7 nitrogen and oxygen atoms in total. The fourth-order valence-electron chi connectivity index (χ4n) is 4.93. The van der Waals surface area contributed by atoms with Crippen LogP contribution in [-0.2, 0) is 12.8 Å². The highest BCUT2D eigenvalue weighted by atomic mass is 35.5. The van der Waals surface area contributed by atoms with Gasteiger partial charge < -0.3 is 16.4 Å². The van der Waals surface area contributed by atoms with Gasteiger partial charge in [0, 0.05) is 59.6 Å². The number of hydrogen-bond acceptors (Lipinski definition) is 7. The molecule has 1 saturated heterocycles. The highest BCUT2D eigenvalue weighted by molar-refractivity contribution is 8.03. The van der Waals surface area contributed by atoms with E-state index in [9.17, 15) is 0 Å². The minimum atomic E-state index is -0.286. The Morgan fingerprint density at radius 3 is 2.76 bits per heavy atom. The number of hydrogen-bond donors (Lipinski definition) is 2. The second-order valence-corrected chi connectivity index (χ2v) is 10.4. The highest BCUT2D eigenvalue weighted by Gasteiger charge is 2.41. The van der Waals surface area contributed by atoms with Gasteiger partial charge in [0.05, 0.1) is 4.90 Å². The van der Waals surface area contributed by atoms with Crippen LogP contribution in [0, 0.1) is 5.41 Å². The van der Waals surface area contributed by atoms with Crippen molar-refractivity contribution in [3.05, 3.63) is 70.4 Å². The summed E-state index contributed by atoms with van der Waals surface area (Å²) in [7, 11) is 0. The molecule has 1 fully saturated rings. The largest absolute Gasteiger partial charge is 0.405 e. The van der Waals surface area contributed by atoms with Crippen LogP contribution in [-0.4, -0.2) is 38.5 Å². The van der Waals surface area contributed by atoms with Crippen LogP contribution in [0.3, 0.4) is 0 Å². The molecule has 4 heterocycles. The second-order valence-electron chi connectivity index (χ2n) is 8.96. The van der Waals surface area contributed by atoms with Gasteiger partial charge in [0.1, 0.15) is 0 Å². The van der Waals surface area contributed by atoms with Crippen LogP contribution in [0.15, 0.2) is 64.0 Å². The van der Waals surface area contributed by atoms with Gasteiger partial charge in [-0.2, -0.15) is 0 Å². The Bertz CT molecular complexity index is 1200. The van der Waals surface area contributed by atoms with E-state index < -0.39 is 0 Å². The number of nitrogens with zero attached hydrogens (tertiary/aromatic N) is 5. The van der Waals surface area contributed by atoms with E-state index in [0.29, 0.717) is 10.4 Å². The molecule has 1 spiro atoms. The van der Waals surface area contributed by atoms with Gasteiger partial charge in [-0.3, -0.25) is 9.38 Å². The molecule has 0 radical (unpaired) electrons. The summed E-state index contributed by atoms with van der Waals surface area (Å²) in [6, 6.07) is 4.00. The van der Waals surface area contributed by atoms with Crippen molar-refractivity contribution >= 4 is 35.0 Å². The molecule has 4 N–H and O–H groups in total. The Balaban J connectivity index is 1.37. The topological polar surface area (TPSA) is 98.4 Å². The van der Waals surface area contributed by atoms with Crippen molar-refractivity contribution in [3.8, 4) is 0 Å². The molecule has 172 valence electrons. The van der Waals surface area contributed by atoms with Crippen LogP contribution in [0.2, 0.25) is 0 Å². The number of halogens is 1. The van der Waals surface area contributed by atoms with Crippen LogP contribution in [0.4, 0.5) is 5.95 Å². The Kier molecular flexibility index (Phi) is 6.07. The minimum Gasteiger partial charge on any atom is -0.405 e. The summed E-state index contributed by atoms with van der Waals surface area (Å²) in [6.07, 6.45) is 15.3. The SMILES string of the molecule is CC(N)/C(Cl)=C(\C=C/N)Sc1cnc(N2CCC3(CC2)Cc2cccnc2C3)n2ccnc12. The third-order valence-corrected chi connectivity index (χ3v) is 8.42. The minimum absolute atomic E-state index is 0.286. The zero-order valence-electron chi connectivity index (χ0n) is 18.6. The molecule has 0 saturated carbocycles. The van der Waals surface area contributed by atoms with Crippen molar-refractivity contribution in [1.29, 1.82) is 0 Å². The molecule has 33 heavy (non-hydrogen) atoms. The van der Waals surface area contributed by atoms with E-state index in [1.807, 2.05) is 31.7 Å². The van der Waals surface area contributed by atoms with Crippen molar-refractivity contribution in [1.82, 2.24) is 19.4 Å². The van der Waals surface area contributed by atoms with Crippen molar-refractivity contribution in [3.63, 3.8) is 0 Å². The molecule has 1 atom stereocenters. The van der Waals surface area contributed by atoms with E-state index >= 15 is 0 Å². The maximum atomic E-state index is 6.45. The second kappa shape index (κ2) is 9.00. The first-order valence-corrected chi connectivity index (χ1v) is 12.4. The predicted octanol–water partition coefficient (Wildman–Crippen LogP) is 3.87. The first-order valence-electron chi connectivity index (χ1n) is 11.2. The predicted molar refractivity (Wildman–Crippen MR) is 134 cm³/mol. The molecule has 1 unspecified atom stereocenters. The molecule has 1 aliphatic carbocycles. The number of nitrogens with two attached hydrogens (primary N) is 2. The molecule has 1 aliphatic heterocycles. The summed E-state index contributed by atoms with van der Waals surface area (Å²) < 4.78 is 2.06. The van der Waals surface area contributed by atoms with Crippen LogP contribution in [0.5, 0.6) is 0 Å². The summed E-state index contributed by atoms with van der Waals surface area (Å²) in [5, 5.41) is 0.559. The van der Waals surface area contributed by atoms with Crippen LogP contribution >= 0.6 is 23.4 Å². The number of rotatable bonds is 5. The van der Waals surface area contributed by atoms with Crippen molar-refractivity contribution in [2.45, 2.75) is 43.5 Å². The molecular formula is C24H28ClN7S. The normalized spacial score (nSPS) is 19.3. The lowest BCUT2D eigenvalue weighted by molar-refractivity contribution is 0.230. The van der Waals surface area contributed by atoms with E-state index in [2.05, 4.69) is 31.4 Å². The van der Waals surface area contributed by atoms with Crippen LogP contribution in [0.25, 0.3) is 5.65 Å². The maximum Gasteiger partial charge on any atom is 0.211 e. The summed E-state index contributed by atoms with van der Waals surface area (Å²) in [6.45, 7) is 3.79. The summed E-state index contributed by atoms with van der Waals surface area (Å²) in [4.78, 5) is 18.1. The van der Waals surface area contributed by atoms with E-state index in [-0.39, 0.29) is 6.04 Å². The van der Waals surface area contributed by atoms with Gasteiger partial charge in [-0.25, -0.2) is 9.97 Å². The number of allylic oxidation sites excluding steroid dienone is 1. The van der Waals surface area contributed by atoms with Gasteiger partial charge in [0.2, 0.25) is 5.95 Å². The van der Waals surface area contributed by atoms with Crippen molar-refractivity contribution in [2.75, 3.05) is 18.0 Å². The summed E-state index contributed by atoms with van der Waals surface area (Å²) >= 11 is 7.93. The number of fused-ring (bicyclic) bond motifs is 2. The Morgan fingerprint density at radius 2 is 2.03 bits per heavy atom. The lowest BCUT2D eigenvalue weighted by atomic mass is 9.76. The van der Waals surface area contributed by atoms with Crippen LogP contribution in [0.1, 0.15) is 31.0 Å². The summed E-state index contributed by atoms with van der Waals surface area (Å²) in [5.41, 5.74) is 15.5. The molecule has 3 aromatic heterocycles. The number of imidazole rings is 1. The lowest BCUT2D eigenvalue weighted by Crippen LogP contribution is -2.41. The standard InChI is InChI=1S/C24H28ClN7S/c1-16(27)21(25)19(4-7-26)33-20-15-30-23(32-12-9-29-22(20)32)31-10-5-24(6-11-31)13-17-3-2-8-28-18(17)14-24/h2-4,7-9,12,15-16H,5-6,10-11,13-14,26-27H2,1H3/b7-4-,21-19-. The first kappa shape index (κ1) is 22.3. The maximum absolute atomic E-state index is 6.45. The third kappa shape index (κ3) is 4.23. The van der Waals surface area contributed by atoms with E-state index in [0.717, 1.165) is 60.2 Å². The van der Waals surface area contributed by atoms with E-state index in [1.165, 1.54) is 29.2 Å². The van der Waals surface area contributed by atoms with Crippen molar-refractivity contribution in [2.24, 2.45) is 16.9 Å². The molecule has 5 rings (SSSR count). The monoisotopic (exact) mass is 481 g/mol. The number of anilines is 1. The van der Waals surface area contributed by atoms with Gasteiger partial charge in [-0.15, -0.1) is 0 Å². The Labute approximate surface area is 202 Å². The quantitative estimate of drug-likeness (QED) is 0.421. The average molecular weight is 482 g/mol. The smallest absolute Gasteiger partial charge is 0.211 e. The van der Waals surface area contributed by atoms with Gasteiger partial charge in [0.25, 0.3) is 0 Å². The lowest BCUT2D eigenvalue weighted by Gasteiger charge is -2.39. The molecule has 3 aromatic rings. The number of aromatic nitrogens is 4. The first-order chi connectivity index (χ1) is 16.0. The molecule has 0 amide bonds. The fourth-order valence-corrected chi connectivity index (χ4v) is 6.12. The molecule has 0 bridgehead atoms. The van der Waals surface area contributed by atoms with E-state index in [1.54, 1.807) is 6.08 Å². The molecule has 2 aliphatic rings. The number of pyridine rings is 1. The Hall–Kier alpha value is -2.55. The summed E-state index contributed by atoms with van der Waals surface area (Å²) in [5.74, 6) is 0.925. The van der Waals surface area contributed by atoms with Gasteiger partial charge in [-0.05, 0) is 61.9 Å². The van der Waals surface area contributed by atoms with Crippen LogP contribution < -0.4 is 16.4 Å². The zero-order chi connectivity index (χ0) is 23.0. The average Bonchev–Trinajstić information content (AvgIpc) is 3.44. The van der Waals surface area contributed by atoms with E-state index in [4.69, 9.17) is 28.1 Å². The third-order valence-electron chi connectivity index (χ3n) is 6.68.